The number of ether oxygens (including phenoxy) is 2. The van der Waals surface area contributed by atoms with Gasteiger partial charge in [-0.25, -0.2) is 0 Å². The predicted molar refractivity (Wildman–Crippen MR) is 163 cm³/mol. The molecule has 0 saturated carbocycles. The monoisotopic (exact) mass is 602 g/mol. The lowest BCUT2D eigenvalue weighted by molar-refractivity contribution is -0.132. The molecule has 0 radical (unpaired) electrons. The molecular weight excluding hydrogens is 564 g/mol. The average Bonchev–Trinajstić information content (AvgIpc) is 3.00. The molecule has 5 N–H and O–H groups in total. The Balaban J connectivity index is 1.53. The summed E-state index contributed by atoms with van der Waals surface area (Å²) in [6, 6.07) is 17.9. The quantitative estimate of drug-likeness (QED) is 0.206. The van der Waals surface area contributed by atoms with Gasteiger partial charge in [-0.2, -0.15) is 0 Å². The SMILES string of the molecule is CC(C)[C@@H]1NC(=O)c2cc(ccc2O)Oc2ccc(cc2)C[C@@H](C(=O)NCCOCc2ccccc2)NC(=O)[C@H](C)NC1=O. The van der Waals surface area contributed by atoms with Crippen LogP contribution in [0.5, 0.6) is 17.2 Å². The van der Waals surface area contributed by atoms with Crippen molar-refractivity contribution in [3.05, 3.63) is 89.5 Å². The molecule has 0 saturated heterocycles. The van der Waals surface area contributed by atoms with Crippen LogP contribution in [0.15, 0.2) is 72.8 Å². The van der Waals surface area contributed by atoms with Gasteiger partial charge in [0, 0.05) is 13.0 Å². The van der Waals surface area contributed by atoms with Crippen molar-refractivity contribution in [3.8, 4) is 17.2 Å². The van der Waals surface area contributed by atoms with E-state index in [0.29, 0.717) is 18.1 Å². The molecule has 11 nitrogen and oxygen atoms in total. The lowest BCUT2D eigenvalue weighted by atomic mass is 10.0. The first kappa shape index (κ1) is 32.0. The van der Waals surface area contributed by atoms with E-state index in [0.717, 1.165) is 11.1 Å². The Morgan fingerprint density at radius 2 is 1.66 bits per heavy atom. The predicted octanol–water partition coefficient (Wildman–Crippen LogP) is 2.82. The summed E-state index contributed by atoms with van der Waals surface area (Å²) in [6.45, 7) is 5.91. The average molecular weight is 603 g/mol. The number of aromatic hydroxyl groups is 1. The number of phenolic OH excluding ortho intramolecular Hbond substituents is 1. The molecule has 44 heavy (non-hydrogen) atoms. The van der Waals surface area contributed by atoms with Gasteiger partial charge in [-0.3, -0.25) is 19.2 Å². The van der Waals surface area contributed by atoms with E-state index < -0.39 is 41.8 Å². The highest BCUT2D eigenvalue weighted by Crippen LogP contribution is 2.28. The number of carbonyl (C=O) groups excluding carboxylic acids is 4. The molecule has 0 fully saturated rings. The third kappa shape index (κ3) is 8.81. The molecule has 3 aromatic rings. The van der Waals surface area contributed by atoms with Crippen LogP contribution in [0, 0.1) is 5.92 Å². The number of rotatable bonds is 7. The van der Waals surface area contributed by atoms with Crippen molar-refractivity contribution in [1.82, 2.24) is 21.3 Å². The molecule has 0 unspecified atom stereocenters. The van der Waals surface area contributed by atoms with Crippen LogP contribution in [0.1, 0.15) is 42.3 Å². The summed E-state index contributed by atoms with van der Waals surface area (Å²) < 4.78 is 11.6. The summed E-state index contributed by atoms with van der Waals surface area (Å²) in [7, 11) is 0. The second kappa shape index (κ2) is 15.0. The van der Waals surface area contributed by atoms with Crippen LogP contribution in [0.4, 0.5) is 0 Å². The zero-order valence-electron chi connectivity index (χ0n) is 25.0. The van der Waals surface area contributed by atoms with Crippen molar-refractivity contribution in [3.63, 3.8) is 0 Å². The van der Waals surface area contributed by atoms with Crippen molar-refractivity contribution in [2.45, 2.75) is 51.9 Å². The lowest BCUT2D eigenvalue weighted by Crippen LogP contribution is -2.57. The summed E-state index contributed by atoms with van der Waals surface area (Å²) in [6.07, 6.45) is 0.178. The molecule has 2 aliphatic heterocycles. The summed E-state index contributed by atoms with van der Waals surface area (Å²) in [5, 5.41) is 21.2. The van der Waals surface area contributed by atoms with Crippen LogP contribution >= 0.6 is 0 Å². The van der Waals surface area contributed by atoms with Crippen molar-refractivity contribution in [2.24, 2.45) is 5.92 Å². The van der Waals surface area contributed by atoms with Crippen LogP contribution < -0.4 is 26.0 Å². The highest BCUT2D eigenvalue weighted by Gasteiger charge is 2.30. The van der Waals surface area contributed by atoms with Crippen LogP contribution in [-0.4, -0.2) is 60.0 Å². The van der Waals surface area contributed by atoms with E-state index in [9.17, 15) is 24.3 Å². The zero-order chi connectivity index (χ0) is 31.6. The zero-order valence-corrected chi connectivity index (χ0v) is 25.0. The van der Waals surface area contributed by atoms with Crippen molar-refractivity contribution in [1.29, 1.82) is 0 Å². The molecule has 232 valence electrons. The first-order valence-electron chi connectivity index (χ1n) is 14.5. The minimum Gasteiger partial charge on any atom is -0.507 e. The maximum atomic E-state index is 13.2. The number of amides is 4. The van der Waals surface area contributed by atoms with Crippen LogP contribution in [0.2, 0.25) is 0 Å². The molecule has 0 spiro atoms. The van der Waals surface area contributed by atoms with E-state index in [4.69, 9.17) is 9.47 Å². The molecule has 3 atom stereocenters. The Labute approximate surface area is 256 Å². The van der Waals surface area contributed by atoms with Gasteiger partial charge in [0.15, 0.2) is 0 Å². The number of benzene rings is 3. The van der Waals surface area contributed by atoms with Gasteiger partial charge in [0.25, 0.3) is 5.91 Å². The topological polar surface area (TPSA) is 155 Å². The number of fused-ring (bicyclic) bond motifs is 11. The van der Waals surface area contributed by atoms with E-state index in [1.54, 1.807) is 38.1 Å². The number of carbonyl (C=O) groups is 4. The van der Waals surface area contributed by atoms with Crippen LogP contribution in [0.3, 0.4) is 0 Å². The summed E-state index contributed by atoms with van der Waals surface area (Å²) >= 11 is 0. The fourth-order valence-corrected chi connectivity index (χ4v) is 4.59. The minimum atomic E-state index is -1.02. The van der Waals surface area contributed by atoms with Gasteiger partial charge in [0.05, 0.1) is 18.8 Å². The molecule has 2 heterocycles. The Hall–Kier alpha value is -4.90. The van der Waals surface area contributed by atoms with E-state index in [1.807, 2.05) is 30.3 Å². The number of hydrogen-bond acceptors (Lipinski definition) is 7. The first-order valence-corrected chi connectivity index (χ1v) is 14.5. The Kier molecular flexibility index (Phi) is 10.9. The largest absolute Gasteiger partial charge is 0.507 e. The van der Waals surface area contributed by atoms with Gasteiger partial charge in [0.1, 0.15) is 35.4 Å². The van der Waals surface area contributed by atoms with Gasteiger partial charge < -0.3 is 35.8 Å². The highest BCUT2D eigenvalue weighted by atomic mass is 16.5. The van der Waals surface area contributed by atoms with E-state index in [-0.39, 0.29) is 36.8 Å². The fraction of sp³-hybridized carbons (Fsp3) is 0.333. The van der Waals surface area contributed by atoms with Crippen molar-refractivity contribution >= 4 is 23.6 Å². The second-order valence-corrected chi connectivity index (χ2v) is 10.9. The molecule has 11 heteroatoms. The Morgan fingerprint density at radius 1 is 0.955 bits per heavy atom. The minimum absolute atomic E-state index is 0.0659. The lowest BCUT2D eigenvalue weighted by Gasteiger charge is -2.25. The molecule has 0 aliphatic carbocycles. The van der Waals surface area contributed by atoms with Crippen molar-refractivity contribution in [2.75, 3.05) is 13.2 Å². The molecule has 4 bridgehead atoms. The number of phenols is 1. The smallest absolute Gasteiger partial charge is 0.255 e. The van der Waals surface area contributed by atoms with Gasteiger partial charge in [-0.15, -0.1) is 0 Å². The maximum absolute atomic E-state index is 13.2. The summed E-state index contributed by atoms with van der Waals surface area (Å²) in [4.78, 5) is 52.7. The molecule has 3 aromatic carbocycles. The van der Waals surface area contributed by atoms with Gasteiger partial charge in [-0.05, 0) is 54.3 Å². The molecule has 0 aromatic heterocycles. The number of nitrogens with one attached hydrogen (secondary N) is 4. The third-order valence-electron chi connectivity index (χ3n) is 7.09. The Morgan fingerprint density at radius 3 is 2.36 bits per heavy atom. The standard InChI is InChI=1S/C33H38N4O7/c1-20(2)29-33(42)35-21(3)30(39)36-27(32(41)34-15-16-43-19-23-7-5-4-6-8-23)17-22-9-11-24(12-10-22)44-25-13-14-28(38)26(18-25)31(40)37-29/h4-14,18,20-21,27,29,38H,15-17,19H2,1-3H3,(H,34,41)(H,35,42)(H,36,39)(H,37,40)/t21-,27-,29-/m0/s1. The summed E-state index contributed by atoms with van der Waals surface area (Å²) in [5.74, 6) is -2.10. The van der Waals surface area contributed by atoms with Crippen molar-refractivity contribution < 1.29 is 33.8 Å². The number of hydrogen-bond donors (Lipinski definition) is 5. The van der Waals surface area contributed by atoms with E-state index in [1.165, 1.54) is 25.1 Å². The molecule has 5 rings (SSSR count). The van der Waals surface area contributed by atoms with E-state index in [2.05, 4.69) is 21.3 Å². The molecule has 4 amide bonds. The molecular formula is C33H38N4O7. The van der Waals surface area contributed by atoms with Gasteiger partial charge in [0.2, 0.25) is 17.7 Å². The van der Waals surface area contributed by atoms with Crippen LogP contribution in [-0.2, 0) is 32.1 Å². The van der Waals surface area contributed by atoms with Crippen LogP contribution in [0.25, 0.3) is 0 Å². The van der Waals surface area contributed by atoms with Gasteiger partial charge in [-0.1, -0.05) is 56.3 Å². The van der Waals surface area contributed by atoms with Gasteiger partial charge >= 0.3 is 0 Å². The molecule has 2 aliphatic rings. The summed E-state index contributed by atoms with van der Waals surface area (Å²) in [5.41, 5.74) is 1.70. The Bertz CT molecular complexity index is 1460. The second-order valence-electron chi connectivity index (χ2n) is 10.9. The maximum Gasteiger partial charge on any atom is 0.255 e. The third-order valence-corrected chi connectivity index (χ3v) is 7.09. The highest BCUT2D eigenvalue weighted by molar-refractivity contribution is 6.00. The fourth-order valence-electron chi connectivity index (χ4n) is 4.59. The normalized spacial score (nSPS) is 19.2. The van der Waals surface area contributed by atoms with E-state index >= 15 is 0 Å². The first-order chi connectivity index (χ1) is 21.1.